The number of imide groups is 1. The molecule has 1 saturated heterocycles. The molecule has 33 heavy (non-hydrogen) atoms. The third-order valence-corrected chi connectivity index (χ3v) is 5.48. The van der Waals surface area contributed by atoms with Gasteiger partial charge in [-0.25, -0.2) is 9.59 Å². The first kappa shape index (κ1) is 21.6. The van der Waals surface area contributed by atoms with E-state index >= 15 is 0 Å². The van der Waals surface area contributed by atoms with Crippen LogP contribution in [-0.2, 0) is 11.3 Å². The fourth-order valence-corrected chi connectivity index (χ4v) is 3.71. The maximum Gasteiger partial charge on any atom is 0.341 e. The van der Waals surface area contributed by atoms with Gasteiger partial charge in [0.1, 0.15) is 11.3 Å². The third kappa shape index (κ3) is 3.67. The van der Waals surface area contributed by atoms with E-state index in [1.165, 1.54) is 18.9 Å². The molecule has 3 heterocycles. The van der Waals surface area contributed by atoms with Gasteiger partial charge >= 0.3 is 12.0 Å². The molecule has 4 rings (SSSR count). The highest BCUT2D eigenvalue weighted by Gasteiger charge is 2.48. The number of amides is 4. The first-order chi connectivity index (χ1) is 15.6. The van der Waals surface area contributed by atoms with Gasteiger partial charge < -0.3 is 25.0 Å². The quantitative estimate of drug-likeness (QED) is 0.376. The van der Waals surface area contributed by atoms with Crippen LogP contribution in [0, 0.1) is 18.8 Å². The van der Waals surface area contributed by atoms with Crippen LogP contribution >= 0.6 is 0 Å². The van der Waals surface area contributed by atoms with Gasteiger partial charge in [-0.2, -0.15) is 0 Å². The Hall–Kier alpha value is -4.59. The Morgan fingerprint density at radius 1 is 1.27 bits per heavy atom. The summed E-state index contributed by atoms with van der Waals surface area (Å²) >= 11 is 0. The van der Waals surface area contributed by atoms with Crippen LogP contribution in [0.5, 0.6) is 5.75 Å². The highest BCUT2D eigenvalue weighted by atomic mass is 16.5. The third-order valence-electron chi connectivity index (χ3n) is 5.48. The highest BCUT2D eigenvalue weighted by Crippen LogP contribution is 2.28. The molecule has 168 valence electrons. The molecule has 0 saturated carbocycles. The normalized spacial score (nSPS) is 18.8. The molecule has 1 aromatic carbocycles. The lowest BCUT2D eigenvalue weighted by atomic mass is 9.98. The van der Waals surface area contributed by atoms with Crippen LogP contribution in [0.25, 0.3) is 0 Å². The molecule has 11 heteroatoms. The lowest BCUT2D eigenvalue weighted by Gasteiger charge is -2.26. The van der Waals surface area contributed by atoms with Crippen molar-refractivity contribution in [3.05, 3.63) is 62.6 Å². The van der Waals surface area contributed by atoms with Gasteiger partial charge in [-0.1, -0.05) is 17.9 Å². The Kier molecular flexibility index (Phi) is 5.13. The fraction of sp³-hybridized carbons (Fsp3) is 0.227. The van der Waals surface area contributed by atoms with Crippen LogP contribution in [-0.4, -0.2) is 58.0 Å². The Morgan fingerprint density at radius 2 is 2.03 bits per heavy atom. The number of hydrogen-bond donors (Lipinski definition) is 4. The molecule has 0 spiro atoms. The number of methoxy groups -OCH3 is 1. The number of fused-ring (bicyclic) bond motifs is 1. The number of carboxylic acid groups (broad SMARTS) is 1. The number of H-pyrrole nitrogens is 1. The van der Waals surface area contributed by atoms with Gasteiger partial charge in [-0.05, 0) is 24.6 Å². The number of benzene rings is 1. The van der Waals surface area contributed by atoms with Crippen LogP contribution in [0.15, 0.2) is 29.2 Å². The standard InChI is InChI=1S/C22H18N4O7/c1-11-14(17(27)16(8-23-11)19(29)30)5-6-22(20(31)24-21(32)25-22)10-26-9-12-3-4-13(33-2)7-15(12)18(26)28/h3-4,7-8H,9-10H2,1-2H3,(H,23,27)(H,29,30)(H2,24,25,31,32). The van der Waals surface area contributed by atoms with Gasteiger partial charge in [0.25, 0.3) is 11.8 Å². The molecule has 0 bridgehead atoms. The average molecular weight is 450 g/mol. The molecular weight excluding hydrogens is 432 g/mol. The maximum absolute atomic E-state index is 12.9. The second-order valence-corrected chi connectivity index (χ2v) is 7.58. The average Bonchev–Trinajstić information content (AvgIpc) is 3.22. The van der Waals surface area contributed by atoms with Crippen LogP contribution in [0.4, 0.5) is 4.79 Å². The van der Waals surface area contributed by atoms with Crippen molar-refractivity contribution < 1.29 is 29.0 Å². The van der Waals surface area contributed by atoms with Crippen molar-refractivity contribution in [1.29, 1.82) is 0 Å². The summed E-state index contributed by atoms with van der Waals surface area (Å²) in [4.78, 5) is 65.4. The summed E-state index contributed by atoms with van der Waals surface area (Å²) in [5.74, 6) is 3.06. The van der Waals surface area contributed by atoms with E-state index in [-0.39, 0.29) is 30.3 Å². The fourth-order valence-electron chi connectivity index (χ4n) is 3.71. The second kappa shape index (κ2) is 7.83. The number of urea groups is 1. The molecule has 4 amide bonds. The lowest BCUT2D eigenvalue weighted by Crippen LogP contribution is -2.54. The van der Waals surface area contributed by atoms with Crippen molar-refractivity contribution in [2.75, 3.05) is 13.7 Å². The smallest absolute Gasteiger partial charge is 0.341 e. The van der Waals surface area contributed by atoms with Gasteiger partial charge in [-0.15, -0.1) is 0 Å². The number of carbonyl (C=O) groups excluding carboxylic acids is 3. The van der Waals surface area contributed by atoms with E-state index in [2.05, 4.69) is 27.5 Å². The summed E-state index contributed by atoms with van der Waals surface area (Å²) in [6.07, 6.45) is 1.05. The number of carbonyl (C=O) groups is 4. The molecule has 11 nitrogen and oxygen atoms in total. The predicted octanol–water partition coefficient (Wildman–Crippen LogP) is -0.0242. The van der Waals surface area contributed by atoms with E-state index in [0.717, 1.165) is 11.8 Å². The topological polar surface area (TPSA) is 158 Å². The Balaban J connectivity index is 1.73. The molecule has 1 aromatic heterocycles. The molecule has 1 atom stereocenters. The number of aromatic carboxylic acids is 1. The van der Waals surface area contributed by atoms with E-state index in [1.54, 1.807) is 18.2 Å². The number of hydrogen-bond acceptors (Lipinski definition) is 6. The molecular formula is C22H18N4O7. The van der Waals surface area contributed by atoms with E-state index < -0.39 is 34.4 Å². The van der Waals surface area contributed by atoms with Gasteiger partial charge in [0.15, 0.2) is 0 Å². The number of carboxylic acids is 1. The molecule has 2 aliphatic rings. The zero-order valence-corrected chi connectivity index (χ0v) is 17.6. The van der Waals surface area contributed by atoms with Crippen LogP contribution in [0.3, 0.4) is 0 Å². The number of rotatable bonds is 4. The van der Waals surface area contributed by atoms with Gasteiger partial charge in [-0.3, -0.25) is 19.7 Å². The van der Waals surface area contributed by atoms with Crippen molar-refractivity contribution in [2.24, 2.45) is 0 Å². The highest BCUT2D eigenvalue weighted by molar-refractivity contribution is 6.10. The van der Waals surface area contributed by atoms with Gasteiger partial charge in [0.2, 0.25) is 11.0 Å². The number of nitrogens with zero attached hydrogens (tertiary/aromatic N) is 1. The zero-order chi connectivity index (χ0) is 23.9. The summed E-state index contributed by atoms with van der Waals surface area (Å²) < 4.78 is 5.16. The number of aromatic amines is 1. The first-order valence-electron chi connectivity index (χ1n) is 9.74. The van der Waals surface area contributed by atoms with E-state index in [4.69, 9.17) is 4.74 Å². The van der Waals surface area contributed by atoms with Gasteiger partial charge in [0.05, 0.1) is 19.2 Å². The molecule has 0 aliphatic carbocycles. The first-order valence-corrected chi connectivity index (χ1v) is 9.74. The molecule has 0 radical (unpaired) electrons. The van der Waals surface area contributed by atoms with Crippen LogP contribution in [0.1, 0.15) is 37.5 Å². The van der Waals surface area contributed by atoms with Crippen molar-refractivity contribution in [3.8, 4) is 17.6 Å². The minimum absolute atomic E-state index is 0.163. The Labute approximate surface area is 186 Å². The summed E-state index contributed by atoms with van der Waals surface area (Å²) in [5, 5.41) is 13.7. The maximum atomic E-state index is 12.9. The number of ether oxygens (including phenoxy) is 1. The van der Waals surface area contributed by atoms with Crippen LogP contribution in [0.2, 0.25) is 0 Å². The van der Waals surface area contributed by atoms with Crippen molar-refractivity contribution >= 4 is 23.8 Å². The number of aryl methyl sites for hydroxylation is 1. The Morgan fingerprint density at radius 3 is 2.67 bits per heavy atom. The second-order valence-electron chi connectivity index (χ2n) is 7.58. The SMILES string of the molecule is COc1ccc2c(c1)C(=O)N(CC1(C#Cc3c(C)[nH]cc(C(=O)O)c3=O)NC(=O)NC1=O)C2. The number of pyridine rings is 1. The van der Waals surface area contributed by atoms with E-state index in [1.807, 2.05) is 0 Å². The van der Waals surface area contributed by atoms with Crippen LogP contribution < -0.4 is 20.8 Å². The minimum Gasteiger partial charge on any atom is -0.497 e. The minimum atomic E-state index is -1.84. The number of nitrogens with one attached hydrogen (secondary N) is 3. The van der Waals surface area contributed by atoms with Crippen molar-refractivity contribution in [1.82, 2.24) is 20.5 Å². The monoisotopic (exact) mass is 450 g/mol. The van der Waals surface area contributed by atoms with Crippen molar-refractivity contribution in [3.63, 3.8) is 0 Å². The molecule has 4 N–H and O–H groups in total. The van der Waals surface area contributed by atoms with Crippen molar-refractivity contribution in [2.45, 2.75) is 19.0 Å². The van der Waals surface area contributed by atoms with E-state index in [0.29, 0.717) is 11.3 Å². The Bertz CT molecular complexity index is 1350. The largest absolute Gasteiger partial charge is 0.497 e. The summed E-state index contributed by atoms with van der Waals surface area (Å²) in [6, 6.07) is 4.23. The molecule has 2 aromatic rings. The molecule has 1 fully saturated rings. The summed E-state index contributed by atoms with van der Waals surface area (Å²) in [7, 11) is 1.48. The summed E-state index contributed by atoms with van der Waals surface area (Å²) in [6.45, 7) is 1.41. The zero-order valence-electron chi connectivity index (χ0n) is 17.6. The number of aromatic nitrogens is 1. The van der Waals surface area contributed by atoms with E-state index in [9.17, 15) is 29.1 Å². The molecule has 1 unspecified atom stereocenters. The lowest BCUT2D eigenvalue weighted by molar-refractivity contribution is -0.122. The predicted molar refractivity (Wildman–Crippen MR) is 113 cm³/mol. The molecule has 2 aliphatic heterocycles. The summed E-state index contributed by atoms with van der Waals surface area (Å²) in [5.41, 5.74) is -1.94. The van der Waals surface area contributed by atoms with Gasteiger partial charge in [0, 0.05) is 24.0 Å².